The highest BCUT2D eigenvalue weighted by Crippen LogP contribution is 2.23. The summed E-state index contributed by atoms with van der Waals surface area (Å²) < 4.78 is 8.04. The van der Waals surface area contributed by atoms with Crippen LogP contribution in [0, 0.1) is 0 Å². The SMILES string of the molecule is O=C(/C=C/c1ccc(Br)s1)OCc1ccc(-n2cccn2)cc1. The minimum absolute atomic E-state index is 0.247. The molecular weight excluding hydrogens is 376 g/mol. The Labute approximate surface area is 146 Å². The predicted molar refractivity (Wildman–Crippen MR) is 94.4 cm³/mol. The van der Waals surface area contributed by atoms with Crippen LogP contribution in [0.5, 0.6) is 0 Å². The molecule has 0 aliphatic rings. The Hall–Kier alpha value is -2.18. The van der Waals surface area contributed by atoms with Crippen molar-refractivity contribution >= 4 is 39.3 Å². The molecular formula is C17H13BrN2O2S. The summed E-state index contributed by atoms with van der Waals surface area (Å²) in [6.07, 6.45) is 6.80. The lowest BCUT2D eigenvalue weighted by Crippen LogP contribution is -2.01. The van der Waals surface area contributed by atoms with E-state index in [-0.39, 0.29) is 12.6 Å². The van der Waals surface area contributed by atoms with E-state index in [1.165, 1.54) is 6.08 Å². The largest absolute Gasteiger partial charge is 0.458 e. The Balaban J connectivity index is 1.53. The van der Waals surface area contributed by atoms with Gasteiger partial charge in [-0.2, -0.15) is 5.10 Å². The van der Waals surface area contributed by atoms with Crippen LogP contribution >= 0.6 is 27.3 Å². The summed E-state index contributed by atoms with van der Waals surface area (Å²) in [5.41, 5.74) is 1.90. The molecule has 2 aromatic heterocycles. The molecule has 0 bridgehead atoms. The third kappa shape index (κ3) is 4.40. The molecule has 3 aromatic rings. The molecule has 2 heterocycles. The minimum Gasteiger partial charge on any atom is -0.458 e. The fourth-order valence-corrected chi connectivity index (χ4v) is 3.26. The number of halogens is 1. The molecule has 0 atom stereocenters. The number of esters is 1. The molecule has 23 heavy (non-hydrogen) atoms. The van der Waals surface area contributed by atoms with Gasteiger partial charge in [0.15, 0.2) is 0 Å². The summed E-state index contributed by atoms with van der Waals surface area (Å²) in [5.74, 6) is -0.356. The molecule has 6 heteroatoms. The number of carbonyl (C=O) groups is 1. The summed E-state index contributed by atoms with van der Waals surface area (Å²) in [5, 5.41) is 4.17. The van der Waals surface area contributed by atoms with E-state index in [2.05, 4.69) is 21.0 Å². The quantitative estimate of drug-likeness (QED) is 0.478. The molecule has 0 radical (unpaired) electrons. The van der Waals surface area contributed by atoms with Crippen molar-refractivity contribution < 1.29 is 9.53 Å². The van der Waals surface area contributed by atoms with Crippen molar-refractivity contribution in [3.05, 3.63) is 75.2 Å². The molecule has 1 aromatic carbocycles. The van der Waals surface area contributed by atoms with Gasteiger partial charge in [-0.15, -0.1) is 11.3 Å². The van der Waals surface area contributed by atoms with Crippen LogP contribution in [0.4, 0.5) is 0 Å². The Morgan fingerprint density at radius 3 is 2.74 bits per heavy atom. The van der Waals surface area contributed by atoms with Crippen LogP contribution in [0.15, 0.2) is 64.7 Å². The molecule has 0 fully saturated rings. The van der Waals surface area contributed by atoms with Gasteiger partial charge in [-0.05, 0) is 57.9 Å². The second-order valence-electron chi connectivity index (χ2n) is 4.70. The maximum absolute atomic E-state index is 11.7. The van der Waals surface area contributed by atoms with Gasteiger partial charge < -0.3 is 4.74 Å². The van der Waals surface area contributed by atoms with Gasteiger partial charge in [0.1, 0.15) is 6.61 Å². The fourth-order valence-electron chi connectivity index (χ4n) is 1.94. The van der Waals surface area contributed by atoms with Crippen LogP contribution in [0.1, 0.15) is 10.4 Å². The third-order valence-electron chi connectivity index (χ3n) is 3.06. The normalized spacial score (nSPS) is 11.0. The number of benzene rings is 1. The number of carbonyl (C=O) groups excluding carboxylic acids is 1. The summed E-state index contributed by atoms with van der Waals surface area (Å²) in [6, 6.07) is 13.5. The first-order chi connectivity index (χ1) is 11.2. The highest BCUT2D eigenvalue weighted by atomic mass is 79.9. The van der Waals surface area contributed by atoms with Gasteiger partial charge in [-0.1, -0.05) is 12.1 Å². The molecule has 4 nitrogen and oxygen atoms in total. The lowest BCUT2D eigenvalue weighted by atomic mass is 10.2. The highest BCUT2D eigenvalue weighted by Gasteiger charge is 2.01. The van der Waals surface area contributed by atoms with E-state index in [9.17, 15) is 4.79 Å². The molecule has 0 N–H and O–H groups in total. The number of aromatic nitrogens is 2. The van der Waals surface area contributed by atoms with Gasteiger partial charge in [0.05, 0.1) is 9.47 Å². The van der Waals surface area contributed by atoms with Crippen LogP contribution in [0.3, 0.4) is 0 Å². The number of rotatable bonds is 5. The molecule has 0 saturated heterocycles. The van der Waals surface area contributed by atoms with Crippen molar-refractivity contribution in [2.45, 2.75) is 6.61 Å². The summed E-state index contributed by atoms with van der Waals surface area (Å²) >= 11 is 4.94. The zero-order valence-corrected chi connectivity index (χ0v) is 14.5. The van der Waals surface area contributed by atoms with Crippen molar-refractivity contribution in [1.82, 2.24) is 9.78 Å². The predicted octanol–water partition coefficient (Wildman–Crippen LogP) is 4.45. The molecule has 116 valence electrons. The average molecular weight is 389 g/mol. The van der Waals surface area contributed by atoms with Crippen molar-refractivity contribution in [3.8, 4) is 5.69 Å². The van der Waals surface area contributed by atoms with E-state index in [1.807, 2.05) is 48.7 Å². The Bertz CT molecular complexity index is 808. The van der Waals surface area contributed by atoms with Crippen LogP contribution < -0.4 is 0 Å². The first-order valence-corrected chi connectivity index (χ1v) is 8.51. The molecule has 0 saturated carbocycles. The summed E-state index contributed by atoms with van der Waals surface area (Å²) in [7, 11) is 0. The maximum Gasteiger partial charge on any atom is 0.331 e. The Morgan fingerprint density at radius 1 is 1.26 bits per heavy atom. The van der Waals surface area contributed by atoms with Gasteiger partial charge in [0.2, 0.25) is 0 Å². The minimum atomic E-state index is -0.356. The number of thiophene rings is 1. The number of ether oxygens (including phenoxy) is 1. The second kappa shape index (κ2) is 7.39. The first kappa shape index (κ1) is 15.7. The van der Waals surface area contributed by atoms with E-state index < -0.39 is 0 Å². The van der Waals surface area contributed by atoms with E-state index in [0.29, 0.717) is 0 Å². The van der Waals surface area contributed by atoms with Crippen molar-refractivity contribution in [1.29, 1.82) is 0 Å². The van der Waals surface area contributed by atoms with E-state index >= 15 is 0 Å². The average Bonchev–Trinajstić information content (AvgIpc) is 3.23. The Kier molecular flexibility index (Phi) is 5.05. The van der Waals surface area contributed by atoms with Crippen molar-refractivity contribution in [2.24, 2.45) is 0 Å². The molecule has 3 rings (SSSR count). The monoisotopic (exact) mass is 388 g/mol. The van der Waals surface area contributed by atoms with E-state index in [1.54, 1.807) is 28.3 Å². The second-order valence-corrected chi connectivity index (χ2v) is 7.19. The molecule has 0 unspecified atom stereocenters. The number of hydrogen-bond donors (Lipinski definition) is 0. The van der Waals surface area contributed by atoms with Crippen LogP contribution in [-0.2, 0) is 16.1 Å². The fraction of sp³-hybridized carbons (Fsp3) is 0.0588. The lowest BCUT2D eigenvalue weighted by Gasteiger charge is -2.04. The van der Waals surface area contributed by atoms with Gasteiger partial charge in [0.25, 0.3) is 0 Å². The topological polar surface area (TPSA) is 44.1 Å². The molecule has 0 amide bonds. The van der Waals surface area contributed by atoms with Gasteiger partial charge >= 0.3 is 5.97 Å². The summed E-state index contributed by atoms with van der Waals surface area (Å²) in [6.45, 7) is 0.247. The van der Waals surface area contributed by atoms with Gasteiger partial charge in [0, 0.05) is 23.3 Å². The smallest absolute Gasteiger partial charge is 0.331 e. The molecule has 0 spiro atoms. The summed E-state index contributed by atoms with van der Waals surface area (Å²) in [4.78, 5) is 12.7. The van der Waals surface area contributed by atoms with E-state index in [4.69, 9.17) is 4.74 Å². The van der Waals surface area contributed by atoms with Gasteiger partial charge in [-0.3, -0.25) is 0 Å². The molecule has 0 aliphatic heterocycles. The van der Waals surface area contributed by atoms with Crippen LogP contribution in [0.25, 0.3) is 11.8 Å². The van der Waals surface area contributed by atoms with Crippen LogP contribution in [0.2, 0.25) is 0 Å². The van der Waals surface area contributed by atoms with E-state index in [0.717, 1.165) is 19.9 Å². The molecule has 0 aliphatic carbocycles. The Morgan fingerprint density at radius 2 is 2.09 bits per heavy atom. The van der Waals surface area contributed by atoms with Crippen LogP contribution in [-0.4, -0.2) is 15.7 Å². The number of hydrogen-bond acceptors (Lipinski definition) is 4. The third-order valence-corrected chi connectivity index (χ3v) is 4.65. The van der Waals surface area contributed by atoms with Crippen molar-refractivity contribution in [3.63, 3.8) is 0 Å². The highest BCUT2D eigenvalue weighted by molar-refractivity contribution is 9.11. The zero-order chi connectivity index (χ0) is 16.1. The first-order valence-electron chi connectivity index (χ1n) is 6.90. The maximum atomic E-state index is 11.7. The van der Waals surface area contributed by atoms with Gasteiger partial charge in [-0.25, -0.2) is 9.48 Å². The lowest BCUT2D eigenvalue weighted by molar-refractivity contribution is -0.138. The number of nitrogens with zero attached hydrogens (tertiary/aromatic N) is 2. The standard InChI is InChI=1S/C17H13BrN2O2S/c18-16-8-6-15(23-16)7-9-17(21)22-12-13-2-4-14(5-3-13)20-11-1-10-19-20/h1-11H,12H2/b9-7+. The van der Waals surface area contributed by atoms with Crippen molar-refractivity contribution in [2.75, 3.05) is 0 Å². The zero-order valence-electron chi connectivity index (χ0n) is 12.1.